The second-order valence-electron chi connectivity index (χ2n) is 5.41. The summed E-state index contributed by atoms with van der Waals surface area (Å²) in [6, 6.07) is 1.88. The standard InChI is InChI=1S/C13H18F3N3/c1-12(5-3-2-4-6-12)19-11-8-9(13(14,15)16)7-10(17)18-11/h7-8H,2-6H2,1H3,(H3,17,18,19). The number of anilines is 2. The fraction of sp³-hybridized carbons (Fsp3) is 0.615. The number of hydrogen-bond acceptors (Lipinski definition) is 3. The van der Waals surface area contributed by atoms with Crippen molar-refractivity contribution in [3.8, 4) is 0 Å². The Morgan fingerprint density at radius 2 is 1.84 bits per heavy atom. The zero-order valence-electron chi connectivity index (χ0n) is 10.8. The lowest BCUT2D eigenvalue weighted by molar-refractivity contribution is -0.137. The summed E-state index contributed by atoms with van der Waals surface area (Å²) in [6.07, 6.45) is 0.807. The van der Waals surface area contributed by atoms with Gasteiger partial charge in [0.15, 0.2) is 0 Å². The number of pyridine rings is 1. The molecule has 1 aliphatic carbocycles. The Hall–Kier alpha value is -1.46. The van der Waals surface area contributed by atoms with E-state index in [1.807, 2.05) is 6.92 Å². The van der Waals surface area contributed by atoms with Gasteiger partial charge in [0, 0.05) is 5.54 Å². The van der Waals surface area contributed by atoms with E-state index in [0.717, 1.165) is 37.8 Å². The molecule has 106 valence electrons. The first-order valence-electron chi connectivity index (χ1n) is 6.41. The van der Waals surface area contributed by atoms with Gasteiger partial charge in [0.25, 0.3) is 0 Å². The molecule has 1 saturated carbocycles. The Kier molecular flexibility index (Phi) is 3.60. The van der Waals surface area contributed by atoms with Gasteiger partial charge in [-0.1, -0.05) is 19.3 Å². The minimum absolute atomic E-state index is 0.114. The maximum atomic E-state index is 12.7. The molecule has 6 heteroatoms. The van der Waals surface area contributed by atoms with Crippen LogP contribution in [0.4, 0.5) is 24.8 Å². The van der Waals surface area contributed by atoms with Gasteiger partial charge >= 0.3 is 6.18 Å². The van der Waals surface area contributed by atoms with Crippen LogP contribution in [0.1, 0.15) is 44.6 Å². The first-order chi connectivity index (χ1) is 8.78. The zero-order chi connectivity index (χ0) is 14.1. The van der Waals surface area contributed by atoms with E-state index in [4.69, 9.17) is 5.73 Å². The van der Waals surface area contributed by atoms with Gasteiger partial charge in [-0.05, 0) is 31.9 Å². The van der Waals surface area contributed by atoms with Crippen molar-refractivity contribution < 1.29 is 13.2 Å². The van der Waals surface area contributed by atoms with Gasteiger partial charge in [-0.15, -0.1) is 0 Å². The predicted octanol–water partition coefficient (Wildman–Crippen LogP) is 3.82. The van der Waals surface area contributed by atoms with Crippen molar-refractivity contribution >= 4 is 11.6 Å². The average Bonchev–Trinajstić information content (AvgIpc) is 2.27. The molecule has 0 aromatic carbocycles. The summed E-state index contributed by atoms with van der Waals surface area (Å²) >= 11 is 0. The summed E-state index contributed by atoms with van der Waals surface area (Å²) in [7, 11) is 0. The van der Waals surface area contributed by atoms with Gasteiger partial charge in [0.05, 0.1) is 5.56 Å². The maximum Gasteiger partial charge on any atom is 0.416 e. The van der Waals surface area contributed by atoms with Crippen LogP contribution < -0.4 is 11.1 Å². The van der Waals surface area contributed by atoms with Crippen molar-refractivity contribution in [2.24, 2.45) is 0 Å². The van der Waals surface area contributed by atoms with Gasteiger partial charge in [0.2, 0.25) is 0 Å². The smallest absolute Gasteiger partial charge is 0.384 e. The van der Waals surface area contributed by atoms with Crippen molar-refractivity contribution in [2.45, 2.75) is 50.7 Å². The van der Waals surface area contributed by atoms with E-state index in [0.29, 0.717) is 0 Å². The van der Waals surface area contributed by atoms with E-state index in [2.05, 4.69) is 10.3 Å². The Bertz CT molecular complexity index is 451. The molecule has 1 aliphatic rings. The number of rotatable bonds is 2. The monoisotopic (exact) mass is 273 g/mol. The Balaban J connectivity index is 2.22. The van der Waals surface area contributed by atoms with Gasteiger partial charge in [0.1, 0.15) is 11.6 Å². The molecular formula is C13H18F3N3. The van der Waals surface area contributed by atoms with Gasteiger partial charge in [-0.25, -0.2) is 4.98 Å². The molecule has 2 rings (SSSR count). The van der Waals surface area contributed by atoms with E-state index in [1.54, 1.807) is 0 Å². The number of nitrogen functional groups attached to an aromatic ring is 1. The lowest BCUT2D eigenvalue weighted by Crippen LogP contribution is -2.37. The van der Waals surface area contributed by atoms with E-state index in [1.165, 1.54) is 6.42 Å². The van der Waals surface area contributed by atoms with Crippen molar-refractivity contribution in [3.63, 3.8) is 0 Å². The van der Waals surface area contributed by atoms with Crippen LogP contribution in [0, 0.1) is 0 Å². The fourth-order valence-corrected chi connectivity index (χ4v) is 2.55. The minimum Gasteiger partial charge on any atom is -0.384 e. The first kappa shape index (κ1) is 14.0. The number of halogens is 3. The highest BCUT2D eigenvalue weighted by Gasteiger charge is 2.33. The van der Waals surface area contributed by atoms with E-state index < -0.39 is 11.7 Å². The SMILES string of the molecule is CC1(Nc2cc(C(F)(F)F)cc(N)n2)CCCCC1. The molecule has 0 spiro atoms. The second-order valence-corrected chi connectivity index (χ2v) is 5.41. The molecule has 19 heavy (non-hydrogen) atoms. The van der Waals surface area contributed by atoms with Crippen LogP contribution in [0.15, 0.2) is 12.1 Å². The molecule has 1 aromatic rings. The fourth-order valence-electron chi connectivity index (χ4n) is 2.55. The zero-order valence-corrected chi connectivity index (χ0v) is 10.8. The van der Waals surface area contributed by atoms with Crippen LogP contribution in [0.3, 0.4) is 0 Å². The lowest BCUT2D eigenvalue weighted by Gasteiger charge is -2.35. The molecule has 0 amide bonds. The molecule has 1 heterocycles. The topological polar surface area (TPSA) is 50.9 Å². The lowest BCUT2D eigenvalue weighted by atomic mass is 9.83. The molecule has 3 N–H and O–H groups in total. The van der Waals surface area contributed by atoms with Crippen LogP contribution in [-0.2, 0) is 6.18 Å². The molecule has 0 bridgehead atoms. The van der Waals surface area contributed by atoms with Gasteiger partial charge in [-0.2, -0.15) is 13.2 Å². The molecule has 0 atom stereocenters. The molecule has 1 fully saturated rings. The largest absolute Gasteiger partial charge is 0.416 e. The minimum atomic E-state index is -4.40. The third kappa shape index (κ3) is 3.52. The summed E-state index contributed by atoms with van der Waals surface area (Å²) in [5.74, 6) is 0.0912. The summed E-state index contributed by atoms with van der Waals surface area (Å²) in [5, 5.41) is 3.12. The highest BCUT2D eigenvalue weighted by Crippen LogP contribution is 2.34. The van der Waals surface area contributed by atoms with Crippen molar-refractivity contribution in [1.29, 1.82) is 0 Å². The Labute approximate surface area is 110 Å². The third-order valence-electron chi connectivity index (χ3n) is 3.56. The summed E-state index contributed by atoms with van der Waals surface area (Å²) in [4.78, 5) is 3.95. The van der Waals surface area contributed by atoms with Crippen molar-refractivity contribution in [1.82, 2.24) is 4.98 Å². The highest BCUT2D eigenvalue weighted by atomic mass is 19.4. The number of nitrogens with two attached hydrogens (primary N) is 1. The van der Waals surface area contributed by atoms with Crippen molar-refractivity contribution in [2.75, 3.05) is 11.1 Å². The van der Waals surface area contributed by atoms with Gasteiger partial charge in [-0.3, -0.25) is 0 Å². The van der Waals surface area contributed by atoms with Crippen LogP contribution >= 0.6 is 0 Å². The third-order valence-corrected chi connectivity index (χ3v) is 3.56. The maximum absolute atomic E-state index is 12.7. The van der Waals surface area contributed by atoms with E-state index in [9.17, 15) is 13.2 Å². The van der Waals surface area contributed by atoms with E-state index >= 15 is 0 Å². The number of nitrogens with one attached hydrogen (secondary N) is 1. The number of aromatic nitrogens is 1. The molecular weight excluding hydrogens is 255 g/mol. The summed E-state index contributed by atoms with van der Waals surface area (Å²) in [5.41, 5.74) is 4.50. The Morgan fingerprint density at radius 3 is 2.42 bits per heavy atom. The van der Waals surface area contributed by atoms with Crippen LogP contribution in [-0.4, -0.2) is 10.5 Å². The quantitative estimate of drug-likeness (QED) is 0.861. The molecule has 0 saturated heterocycles. The molecule has 0 unspecified atom stereocenters. The van der Waals surface area contributed by atoms with Crippen LogP contribution in [0.25, 0.3) is 0 Å². The molecule has 3 nitrogen and oxygen atoms in total. The summed E-state index contributed by atoms with van der Waals surface area (Å²) < 4.78 is 38.1. The predicted molar refractivity (Wildman–Crippen MR) is 68.8 cm³/mol. The second kappa shape index (κ2) is 4.90. The number of alkyl halides is 3. The van der Waals surface area contributed by atoms with Crippen LogP contribution in [0.2, 0.25) is 0 Å². The van der Waals surface area contributed by atoms with E-state index in [-0.39, 0.29) is 17.2 Å². The van der Waals surface area contributed by atoms with Crippen LogP contribution in [0.5, 0.6) is 0 Å². The van der Waals surface area contributed by atoms with Gasteiger partial charge < -0.3 is 11.1 Å². The normalized spacial score (nSPS) is 19.2. The Morgan fingerprint density at radius 1 is 1.21 bits per heavy atom. The average molecular weight is 273 g/mol. The highest BCUT2D eigenvalue weighted by molar-refractivity contribution is 5.48. The first-order valence-corrected chi connectivity index (χ1v) is 6.41. The molecule has 0 radical (unpaired) electrons. The summed E-state index contributed by atoms with van der Waals surface area (Å²) in [6.45, 7) is 2.02. The molecule has 1 aromatic heterocycles. The number of hydrogen-bond donors (Lipinski definition) is 2. The molecule has 0 aliphatic heterocycles. The number of nitrogens with zero attached hydrogens (tertiary/aromatic N) is 1. The van der Waals surface area contributed by atoms with Crippen molar-refractivity contribution in [3.05, 3.63) is 17.7 Å².